The maximum Gasteiger partial charge on any atom is 0.320 e. The zero-order chi connectivity index (χ0) is 28.7. The van der Waals surface area contributed by atoms with E-state index in [1.54, 1.807) is 0 Å². The molecule has 6 heteroatoms. The smallest absolute Gasteiger partial charge is 0.320 e. The van der Waals surface area contributed by atoms with E-state index in [9.17, 15) is 19.8 Å². The van der Waals surface area contributed by atoms with Gasteiger partial charge in [-0.25, -0.2) is 0 Å². The van der Waals surface area contributed by atoms with Gasteiger partial charge in [-0.15, -0.1) is 0 Å². The Hall–Kier alpha value is -0.750. The van der Waals surface area contributed by atoms with Crippen LogP contribution in [-0.2, 0) is 9.59 Å². The van der Waals surface area contributed by atoms with Crippen molar-refractivity contribution in [3.63, 3.8) is 0 Å². The van der Waals surface area contributed by atoms with Gasteiger partial charge in [-0.1, -0.05) is 118 Å². The van der Waals surface area contributed by atoms with E-state index in [0.717, 1.165) is 58.0 Å². The molecular formula is C32H63NO4S. The van der Waals surface area contributed by atoms with Crippen LogP contribution in [-0.4, -0.2) is 50.9 Å². The van der Waals surface area contributed by atoms with Crippen molar-refractivity contribution in [1.29, 1.82) is 0 Å². The highest BCUT2D eigenvalue weighted by molar-refractivity contribution is 7.82. The number of carboxylic acid groups (broad SMARTS) is 2. The summed E-state index contributed by atoms with van der Waals surface area (Å²) < 4.78 is -1.51. The van der Waals surface area contributed by atoms with Crippen molar-refractivity contribution in [3.05, 3.63) is 0 Å². The third-order valence-electron chi connectivity index (χ3n) is 8.31. The molecule has 0 rings (SSSR count). The van der Waals surface area contributed by atoms with Crippen molar-refractivity contribution in [2.24, 2.45) is 5.92 Å². The number of thiol groups is 1. The number of hydrogen-bond donors (Lipinski definition) is 3. The normalized spacial score (nSPS) is 14.9. The standard InChI is InChI=1S/C32H63NO4S/c1-5-9-12-13-14-15-16-17-18-19-20-21-22-28(32(38,31(36)37)27-30(34)35)23-24-29(8-4)33(25-10-6-2)26-11-7-3/h28-29,38H,5-27H2,1-4H3,(H,34,35)(H,36,37). The van der Waals surface area contributed by atoms with Crippen LogP contribution in [0.5, 0.6) is 0 Å². The van der Waals surface area contributed by atoms with E-state index in [2.05, 4.69) is 45.2 Å². The van der Waals surface area contributed by atoms with Crippen LogP contribution in [0.3, 0.4) is 0 Å². The lowest BCUT2D eigenvalue weighted by molar-refractivity contribution is -0.148. The van der Waals surface area contributed by atoms with E-state index >= 15 is 0 Å². The molecule has 0 bridgehead atoms. The third-order valence-corrected chi connectivity index (χ3v) is 9.02. The van der Waals surface area contributed by atoms with Gasteiger partial charge in [-0.05, 0) is 57.5 Å². The Kier molecular flexibility index (Phi) is 23.6. The molecule has 0 spiro atoms. The lowest BCUT2D eigenvalue weighted by atomic mass is 9.80. The van der Waals surface area contributed by atoms with Crippen LogP contribution in [0, 0.1) is 5.92 Å². The van der Waals surface area contributed by atoms with Crippen LogP contribution < -0.4 is 0 Å². The zero-order valence-corrected chi connectivity index (χ0v) is 26.4. The fourth-order valence-corrected chi connectivity index (χ4v) is 6.11. The Morgan fingerprint density at radius 1 is 0.658 bits per heavy atom. The van der Waals surface area contributed by atoms with Crippen molar-refractivity contribution >= 4 is 24.6 Å². The van der Waals surface area contributed by atoms with Crippen LogP contribution in [0.4, 0.5) is 0 Å². The van der Waals surface area contributed by atoms with Crippen LogP contribution in [0.25, 0.3) is 0 Å². The number of aliphatic carboxylic acids is 2. The molecule has 226 valence electrons. The van der Waals surface area contributed by atoms with Crippen molar-refractivity contribution in [3.8, 4) is 0 Å². The van der Waals surface area contributed by atoms with Gasteiger partial charge >= 0.3 is 11.9 Å². The highest BCUT2D eigenvalue weighted by Crippen LogP contribution is 2.37. The number of carbonyl (C=O) groups is 2. The molecule has 2 N–H and O–H groups in total. The van der Waals surface area contributed by atoms with Gasteiger partial charge in [-0.2, -0.15) is 12.6 Å². The highest BCUT2D eigenvalue weighted by Gasteiger charge is 2.44. The molecule has 3 atom stereocenters. The molecule has 0 radical (unpaired) electrons. The second kappa shape index (κ2) is 24.1. The molecule has 0 heterocycles. The number of nitrogens with zero attached hydrogens (tertiary/aromatic N) is 1. The molecule has 0 amide bonds. The van der Waals surface area contributed by atoms with E-state index in [1.165, 1.54) is 77.0 Å². The van der Waals surface area contributed by atoms with Gasteiger partial charge in [-0.3, -0.25) is 9.59 Å². The molecule has 0 saturated heterocycles. The van der Waals surface area contributed by atoms with Crippen LogP contribution in [0.1, 0.15) is 163 Å². The first-order valence-electron chi connectivity index (χ1n) is 16.2. The summed E-state index contributed by atoms with van der Waals surface area (Å²) in [4.78, 5) is 26.5. The molecule has 38 heavy (non-hydrogen) atoms. The molecule has 0 aromatic heterocycles. The van der Waals surface area contributed by atoms with Crippen LogP contribution in [0.15, 0.2) is 0 Å². The monoisotopic (exact) mass is 557 g/mol. The van der Waals surface area contributed by atoms with E-state index in [-0.39, 0.29) is 5.92 Å². The predicted octanol–water partition coefficient (Wildman–Crippen LogP) is 9.38. The van der Waals surface area contributed by atoms with Gasteiger partial charge in [0.2, 0.25) is 0 Å². The lowest BCUT2D eigenvalue weighted by Crippen LogP contribution is -2.44. The van der Waals surface area contributed by atoms with Crippen molar-refractivity contribution in [2.75, 3.05) is 13.1 Å². The molecule has 0 fully saturated rings. The van der Waals surface area contributed by atoms with Crippen LogP contribution in [0.2, 0.25) is 0 Å². The second-order valence-electron chi connectivity index (χ2n) is 11.6. The minimum atomic E-state index is -1.51. The summed E-state index contributed by atoms with van der Waals surface area (Å²) in [6, 6.07) is 0.411. The van der Waals surface area contributed by atoms with Gasteiger partial charge in [0.15, 0.2) is 0 Å². The largest absolute Gasteiger partial charge is 0.481 e. The summed E-state index contributed by atoms with van der Waals surface area (Å²) in [5, 5.41) is 19.6. The lowest BCUT2D eigenvalue weighted by Gasteiger charge is -2.36. The van der Waals surface area contributed by atoms with Gasteiger partial charge < -0.3 is 15.1 Å². The van der Waals surface area contributed by atoms with E-state index in [0.29, 0.717) is 12.5 Å². The van der Waals surface area contributed by atoms with E-state index in [4.69, 9.17) is 0 Å². The average Bonchev–Trinajstić information content (AvgIpc) is 2.88. The molecule has 3 unspecified atom stereocenters. The minimum Gasteiger partial charge on any atom is -0.481 e. The first-order valence-corrected chi connectivity index (χ1v) is 16.6. The van der Waals surface area contributed by atoms with Crippen molar-refractivity contribution in [1.82, 2.24) is 4.90 Å². The quantitative estimate of drug-likeness (QED) is 0.0659. The molecule has 0 aliphatic carbocycles. The maximum atomic E-state index is 12.3. The molecule has 0 aliphatic heterocycles. The summed E-state index contributed by atoms with van der Waals surface area (Å²) in [5.74, 6) is -2.41. The van der Waals surface area contributed by atoms with Gasteiger partial charge in [0.05, 0.1) is 6.42 Å². The van der Waals surface area contributed by atoms with Crippen LogP contribution >= 0.6 is 12.6 Å². The summed E-state index contributed by atoms with van der Waals surface area (Å²) in [7, 11) is 0. The Morgan fingerprint density at radius 2 is 1.11 bits per heavy atom. The number of carboxylic acids is 2. The summed E-state index contributed by atoms with van der Waals surface area (Å²) in [6.07, 6.45) is 22.8. The second-order valence-corrected chi connectivity index (χ2v) is 12.4. The number of rotatable bonds is 28. The molecule has 0 aliphatic rings. The Morgan fingerprint density at radius 3 is 1.50 bits per heavy atom. The number of hydrogen-bond acceptors (Lipinski definition) is 4. The van der Waals surface area contributed by atoms with Crippen molar-refractivity contribution < 1.29 is 19.8 Å². The highest BCUT2D eigenvalue weighted by atomic mass is 32.1. The van der Waals surface area contributed by atoms with Crippen molar-refractivity contribution in [2.45, 2.75) is 173 Å². The SMILES string of the molecule is CCCCCCCCCCCCCCC(CCC(CC)N(CCCC)CCCC)C(S)(CC(=O)O)C(=O)O. The Labute approximate surface area is 241 Å². The fraction of sp³-hybridized carbons (Fsp3) is 0.938. The zero-order valence-electron chi connectivity index (χ0n) is 25.5. The third kappa shape index (κ3) is 17.0. The maximum absolute atomic E-state index is 12.3. The first kappa shape index (κ1) is 37.2. The van der Waals surface area contributed by atoms with Gasteiger partial charge in [0.25, 0.3) is 0 Å². The molecule has 0 aromatic rings. The summed E-state index contributed by atoms with van der Waals surface area (Å²) in [6.45, 7) is 11.1. The minimum absolute atomic E-state index is 0.240. The Bertz CT molecular complexity index is 580. The summed E-state index contributed by atoms with van der Waals surface area (Å²) in [5.41, 5.74) is 0. The fourth-order valence-electron chi connectivity index (χ4n) is 5.72. The molecule has 0 saturated carbocycles. The summed E-state index contributed by atoms with van der Waals surface area (Å²) >= 11 is 4.56. The first-order chi connectivity index (χ1) is 18.3. The van der Waals surface area contributed by atoms with E-state index < -0.39 is 23.1 Å². The van der Waals surface area contributed by atoms with E-state index in [1.807, 2.05) is 0 Å². The topological polar surface area (TPSA) is 77.8 Å². The van der Waals surface area contributed by atoms with Gasteiger partial charge in [0.1, 0.15) is 4.75 Å². The molecular weight excluding hydrogens is 494 g/mol. The Balaban J connectivity index is 4.92. The average molecular weight is 558 g/mol. The van der Waals surface area contributed by atoms with Gasteiger partial charge in [0, 0.05) is 6.04 Å². The predicted molar refractivity (Wildman–Crippen MR) is 165 cm³/mol. The molecule has 0 aromatic carbocycles. The molecule has 5 nitrogen and oxygen atoms in total. The number of unbranched alkanes of at least 4 members (excludes halogenated alkanes) is 13.